The summed E-state index contributed by atoms with van der Waals surface area (Å²) in [4.78, 5) is 10.7. The molecular formula is C12H10BrClN2O. The number of aryl methyl sites for hydroxylation is 1. The highest BCUT2D eigenvalue weighted by atomic mass is 79.9. The topological polar surface area (TPSA) is 34.9 Å². The Morgan fingerprint density at radius 2 is 2.12 bits per heavy atom. The SMILES string of the molecule is Cc1nn(-c2ccc(C=O)cc2Br)c(C)c1Cl. The van der Waals surface area contributed by atoms with Gasteiger partial charge in [-0.1, -0.05) is 11.6 Å². The molecule has 0 unspecified atom stereocenters. The monoisotopic (exact) mass is 312 g/mol. The summed E-state index contributed by atoms with van der Waals surface area (Å²) in [5, 5.41) is 5.03. The van der Waals surface area contributed by atoms with Crippen LogP contribution in [-0.2, 0) is 0 Å². The first kappa shape index (κ1) is 12.3. The van der Waals surface area contributed by atoms with Crippen LogP contribution in [-0.4, -0.2) is 16.1 Å². The molecule has 0 fully saturated rings. The van der Waals surface area contributed by atoms with Crippen molar-refractivity contribution in [2.24, 2.45) is 0 Å². The standard InChI is InChI=1S/C12H10BrClN2O/c1-7-12(14)8(2)16(15-7)11-4-3-9(6-17)5-10(11)13/h3-6H,1-2H3. The summed E-state index contributed by atoms with van der Waals surface area (Å²) in [6.45, 7) is 3.77. The lowest BCUT2D eigenvalue weighted by atomic mass is 10.2. The number of halogens is 2. The predicted molar refractivity (Wildman–Crippen MR) is 71.1 cm³/mol. The van der Waals surface area contributed by atoms with Crippen LogP contribution in [0.1, 0.15) is 21.7 Å². The lowest BCUT2D eigenvalue weighted by Gasteiger charge is -2.07. The van der Waals surface area contributed by atoms with Crippen LogP contribution in [0.2, 0.25) is 5.02 Å². The number of aldehydes is 1. The summed E-state index contributed by atoms with van der Waals surface area (Å²) >= 11 is 9.53. The zero-order valence-electron chi connectivity index (χ0n) is 9.37. The van der Waals surface area contributed by atoms with Crippen LogP contribution in [0.25, 0.3) is 5.69 Å². The Balaban J connectivity index is 2.60. The van der Waals surface area contributed by atoms with E-state index < -0.39 is 0 Å². The summed E-state index contributed by atoms with van der Waals surface area (Å²) < 4.78 is 2.57. The van der Waals surface area contributed by atoms with Gasteiger partial charge >= 0.3 is 0 Å². The van der Waals surface area contributed by atoms with E-state index in [0.29, 0.717) is 10.6 Å². The molecule has 5 heteroatoms. The minimum Gasteiger partial charge on any atom is -0.298 e. The lowest BCUT2D eigenvalue weighted by molar-refractivity contribution is 0.112. The highest BCUT2D eigenvalue weighted by molar-refractivity contribution is 9.10. The molecule has 0 atom stereocenters. The largest absolute Gasteiger partial charge is 0.298 e. The van der Waals surface area contributed by atoms with Crippen molar-refractivity contribution in [3.8, 4) is 5.69 Å². The van der Waals surface area contributed by atoms with Crippen LogP contribution in [0.15, 0.2) is 22.7 Å². The van der Waals surface area contributed by atoms with Crippen LogP contribution < -0.4 is 0 Å². The maximum absolute atomic E-state index is 10.7. The first-order valence-electron chi connectivity index (χ1n) is 5.01. The molecule has 2 rings (SSSR count). The Kier molecular flexibility index (Phi) is 3.35. The van der Waals surface area contributed by atoms with Gasteiger partial charge in [-0.2, -0.15) is 5.10 Å². The molecule has 3 nitrogen and oxygen atoms in total. The molecule has 0 N–H and O–H groups in total. The number of hydrogen-bond acceptors (Lipinski definition) is 2. The Labute approximate surface area is 113 Å². The van der Waals surface area contributed by atoms with E-state index >= 15 is 0 Å². The van der Waals surface area contributed by atoms with E-state index in [1.807, 2.05) is 19.9 Å². The molecule has 0 saturated carbocycles. The van der Waals surface area contributed by atoms with Crippen molar-refractivity contribution < 1.29 is 4.79 Å². The van der Waals surface area contributed by atoms with Crippen molar-refractivity contribution in [1.29, 1.82) is 0 Å². The van der Waals surface area contributed by atoms with E-state index in [-0.39, 0.29) is 0 Å². The molecule has 0 aliphatic rings. The Hall–Kier alpha value is -1.13. The van der Waals surface area contributed by atoms with Gasteiger partial charge in [0.2, 0.25) is 0 Å². The van der Waals surface area contributed by atoms with Gasteiger partial charge in [0, 0.05) is 10.0 Å². The minimum atomic E-state index is 0.619. The number of carbonyl (C=O) groups is 1. The molecule has 0 amide bonds. The van der Waals surface area contributed by atoms with Gasteiger partial charge in [0.15, 0.2) is 0 Å². The first-order valence-corrected chi connectivity index (χ1v) is 6.18. The number of nitrogens with zero attached hydrogens (tertiary/aromatic N) is 2. The van der Waals surface area contributed by atoms with Crippen molar-refractivity contribution in [1.82, 2.24) is 9.78 Å². The first-order chi connectivity index (χ1) is 8.04. The summed E-state index contributed by atoms with van der Waals surface area (Å²) in [7, 11) is 0. The van der Waals surface area contributed by atoms with Gasteiger partial charge in [-0.05, 0) is 48.0 Å². The van der Waals surface area contributed by atoms with Crippen molar-refractivity contribution in [3.63, 3.8) is 0 Å². The van der Waals surface area contributed by atoms with Gasteiger partial charge in [0.25, 0.3) is 0 Å². The maximum atomic E-state index is 10.7. The zero-order chi connectivity index (χ0) is 12.6. The van der Waals surface area contributed by atoms with E-state index in [4.69, 9.17) is 11.6 Å². The second-order valence-corrected chi connectivity index (χ2v) is 4.96. The number of aromatic nitrogens is 2. The highest BCUT2D eigenvalue weighted by Crippen LogP contribution is 2.27. The van der Waals surface area contributed by atoms with Crippen LogP contribution in [0.5, 0.6) is 0 Å². The van der Waals surface area contributed by atoms with Crippen LogP contribution in [0, 0.1) is 13.8 Å². The third-order valence-corrected chi connectivity index (χ3v) is 3.72. The molecule has 2 aromatic rings. The van der Waals surface area contributed by atoms with E-state index in [9.17, 15) is 4.79 Å². The number of rotatable bonds is 2. The third kappa shape index (κ3) is 2.15. The molecule has 1 heterocycles. The van der Waals surface area contributed by atoms with Gasteiger partial charge < -0.3 is 0 Å². The van der Waals surface area contributed by atoms with Crippen molar-refractivity contribution in [3.05, 3.63) is 44.6 Å². The van der Waals surface area contributed by atoms with Crippen molar-refractivity contribution in [2.75, 3.05) is 0 Å². The molecule has 1 aromatic carbocycles. The molecule has 0 spiro atoms. The van der Waals surface area contributed by atoms with E-state index in [2.05, 4.69) is 21.0 Å². The zero-order valence-corrected chi connectivity index (χ0v) is 11.7. The number of carbonyl (C=O) groups excluding carboxylic acids is 1. The molecule has 1 aromatic heterocycles. The fourth-order valence-electron chi connectivity index (χ4n) is 1.63. The average Bonchev–Trinajstić information content (AvgIpc) is 2.57. The van der Waals surface area contributed by atoms with Gasteiger partial charge in [-0.25, -0.2) is 4.68 Å². The second kappa shape index (κ2) is 4.63. The molecule has 88 valence electrons. The Morgan fingerprint density at radius 3 is 2.59 bits per heavy atom. The summed E-state index contributed by atoms with van der Waals surface area (Å²) in [6.07, 6.45) is 0.808. The molecule has 0 radical (unpaired) electrons. The van der Waals surface area contributed by atoms with E-state index in [1.54, 1.807) is 16.8 Å². The van der Waals surface area contributed by atoms with Gasteiger partial charge in [0.1, 0.15) is 6.29 Å². The quantitative estimate of drug-likeness (QED) is 0.792. The smallest absolute Gasteiger partial charge is 0.150 e. The van der Waals surface area contributed by atoms with Crippen molar-refractivity contribution >= 4 is 33.8 Å². The lowest BCUT2D eigenvalue weighted by Crippen LogP contribution is -2.00. The van der Waals surface area contributed by atoms with E-state index in [1.165, 1.54) is 0 Å². The van der Waals surface area contributed by atoms with Gasteiger partial charge in [0.05, 0.1) is 22.1 Å². The summed E-state index contributed by atoms with van der Waals surface area (Å²) in [5.41, 5.74) is 3.15. The number of benzene rings is 1. The Bertz CT molecular complexity index is 592. The Morgan fingerprint density at radius 1 is 1.41 bits per heavy atom. The fourth-order valence-corrected chi connectivity index (χ4v) is 2.31. The van der Waals surface area contributed by atoms with Gasteiger partial charge in [-0.3, -0.25) is 4.79 Å². The highest BCUT2D eigenvalue weighted by Gasteiger charge is 2.12. The molecule has 17 heavy (non-hydrogen) atoms. The number of hydrogen-bond donors (Lipinski definition) is 0. The molecule has 0 aliphatic heterocycles. The minimum absolute atomic E-state index is 0.619. The van der Waals surface area contributed by atoms with Crippen LogP contribution in [0.3, 0.4) is 0 Å². The van der Waals surface area contributed by atoms with Crippen LogP contribution in [0.4, 0.5) is 0 Å². The molecular weight excluding hydrogens is 304 g/mol. The van der Waals surface area contributed by atoms with Gasteiger partial charge in [-0.15, -0.1) is 0 Å². The summed E-state index contributed by atoms with van der Waals surface area (Å²) in [5.74, 6) is 0. The maximum Gasteiger partial charge on any atom is 0.150 e. The van der Waals surface area contributed by atoms with E-state index in [0.717, 1.165) is 27.8 Å². The molecule has 0 bridgehead atoms. The molecule has 0 aliphatic carbocycles. The predicted octanol–water partition coefficient (Wildman–Crippen LogP) is 3.72. The van der Waals surface area contributed by atoms with Crippen molar-refractivity contribution in [2.45, 2.75) is 13.8 Å². The van der Waals surface area contributed by atoms with Crippen LogP contribution >= 0.6 is 27.5 Å². The molecule has 0 saturated heterocycles. The summed E-state index contributed by atoms with van der Waals surface area (Å²) in [6, 6.07) is 5.34. The fraction of sp³-hybridized carbons (Fsp3) is 0.167. The average molecular weight is 314 g/mol. The third-order valence-electron chi connectivity index (χ3n) is 2.54. The second-order valence-electron chi connectivity index (χ2n) is 3.73. The normalized spacial score (nSPS) is 10.6.